The minimum Gasteiger partial charge on any atom is -0.394 e. The number of likely N-dealkylation sites (N-methyl/N-ethyl adjacent to an activating group) is 1. The van der Waals surface area contributed by atoms with E-state index in [1.54, 1.807) is 0 Å². The molecule has 2 saturated heterocycles. The van der Waals surface area contributed by atoms with Gasteiger partial charge in [0.25, 0.3) is 0 Å². The summed E-state index contributed by atoms with van der Waals surface area (Å²) in [7, 11) is 0. The van der Waals surface area contributed by atoms with E-state index in [1.165, 1.54) is 19.4 Å². The standard InChI is InChI=1S/C15H31N3O/c1-3-17(4-2)11-8-16-15(13-19)7-10-18-9-5-6-14(18)12-15/h14,16,19H,3-13H2,1-2H3. The highest BCUT2D eigenvalue weighted by molar-refractivity contribution is 4.99. The smallest absolute Gasteiger partial charge is 0.0614 e. The molecule has 2 heterocycles. The Kier molecular flexibility index (Phi) is 5.63. The van der Waals surface area contributed by atoms with Gasteiger partial charge in [-0.1, -0.05) is 13.8 Å². The first-order valence-corrected chi connectivity index (χ1v) is 8.05. The highest BCUT2D eigenvalue weighted by Crippen LogP contribution is 2.32. The summed E-state index contributed by atoms with van der Waals surface area (Å²) >= 11 is 0. The minimum atomic E-state index is -0.0152. The molecule has 2 N–H and O–H groups in total. The topological polar surface area (TPSA) is 38.7 Å². The van der Waals surface area contributed by atoms with Crippen LogP contribution in [0.25, 0.3) is 0 Å². The van der Waals surface area contributed by atoms with Crippen molar-refractivity contribution in [2.45, 2.75) is 51.1 Å². The van der Waals surface area contributed by atoms with Gasteiger partial charge in [-0.3, -0.25) is 0 Å². The summed E-state index contributed by atoms with van der Waals surface area (Å²) in [6, 6.07) is 0.710. The van der Waals surface area contributed by atoms with E-state index in [-0.39, 0.29) is 12.1 Å². The lowest BCUT2D eigenvalue weighted by atomic mass is 9.84. The molecule has 4 nitrogen and oxygen atoms in total. The number of piperidine rings is 1. The SMILES string of the molecule is CCN(CC)CCNC1(CO)CCN2CCCC2C1. The Bertz CT molecular complexity index is 270. The summed E-state index contributed by atoms with van der Waals surface area (Å²) in [6.07, 6.45) is 4.88. The van der Waals surface area contributed by atoms with E-state index in [0.29, 0.717) is 6.04 Å². The van der Waals surface area contributed by atoms with Crippen molar-refractivity contribution in [3.63, 3.8) is 0 Å². The van der Waals surface area contributed by atoms with Crippen molar-refractivity contribution in [2.75, 3.05) is 45.9 Å². The fourth-order valence-electron chi connectivity index (χ4n) is 3.71. The molecule has 0 radical (unpaired) electrons. The van der Waals surface area contributed by atoms with Crippen molar-refractivity contribution < 1.29 is 5.11 Å². The van der Waals surface area contributed by atoms with Gasteiger partial charge in [0.2, 0.25) is 0 Å². The molecule has 2 aliphatic rings. The van der Waals surface area contributed by atoms with Crippen LogP contribution in [0.15, 0.2) is 0 Å². The Balaban J connectivity index is 1.81. The molecule has 112 valence electrons. The maximum absolute atomic E-state index is 9.85. The van der Waals surface area contributed by atoms with Crippen LogP contribution in [-0.2, 0) is 0 Å². The lowest BCUT2D eigenvalue weighted by Gasteiger charge is -2.44. The largest absolute Gasteiger partial charge is 0.394 e. The van der Waals surface area contributed by atoms with Gasteiger partial charge in [0.05, 0.1) is 6.61 Å². The maximum atomic E-state index is 9.85. The molecule has 0 saturated carbocycles. The summed E-state index contributed by atoms with van der Waals surface area (Å²) in [4.78, 5) is 5.04. The fourth-order valence-corrected chi connectivity index (χ4v) is 3.71. The molecule has 0 spiro atoms. The second-order valence-corrected chi connectivity index (χ2v) is 6.18. The molecule has 19 heavy (non-hydrogen) atoms. The van der Waals surface area contributed by atoms with E-state index in [2.05, 4.69) is 29.0 Å². The zero-order chi connectivity index (χ0) is 13.7. The van der Waals surface area contributed by atoms with Gasteiger partial charge in [-0.05, 0) is 45.3 Å². The number of hydrogen-bond donors (Lipinski definition) is 2. The minimum absolute atomic E-state index is 0.0152. The molecule has 0 aromatic rings. The van der Waals surface area contributed by atoms with Crippen LogP contribution in [0.1, 0.15) is 39.5 Å². The van der Waals surface area contributed by atoms with E-state index < -0.39 is 0 Å². The van der Waals surface area contributed by atoms with Crippen molar-refractivity contribution >= 4 is 0 Å². The number of rotatable bonds is 7. The lowest BCUT2D eigenvalue weighted by molar-refractivity contribution is 0.0573. The number of fused-ring (bicyclic) bond motifs is 1. The monoisotopic (exact) mass is 269 g/mol. The molecule has 0 aromatic carbocycles. The second-order valence-electron chi connectivity index (χ2n) is 6.18. The van der Waals surface area contributed by atoms with E-state index in [4.69, 9.17) is 0 Å². The summed E-state index contributed by atoms with van der Waals surface area (Å²) in [5.74, 6) is 0. The summed E-state index contributed by atoms with van der Waals surface area (Å²) < 4.78 is 0. The van der Waals surface area contributed by atoms with Crippen molar-refractivity contribution in [3.05, 3.63) is 0 Å². The number of hydrogen-bond acceptors (Lipinski definition) is 4. The predicted molar refractivity (Wildman–Crippen MR) is 79.4 cm³/mol. The van der Waals surface area contributed by atoms with E-state index >= 15 is 0 Å². The number of nitrogens with zero attached hydrogens (tertiary/aromatic N) is 2. The number of aliphatic hydroxyl groups is 1. The molecule has 2 aliphatic heterocycles. The summed E-state index contributed by atoms with van der Waals surface area (Å²) in [6.45, 7) is 11.4. The van der Waals surface area contributed by atoms with Gasteiger partial charge in [0.15, 0.2) is 0 Å². The van der Waals surface area contributed by atoms with Crippen LogP contribution in [0.2, 0.25) is 0 Å². The average Bonchev–Trinajstić information content (AvgIpc) is 2.91. The fraction of sp³-hybridized carbons (Fsp3) is 1.00. The Morgan fingerprint density at radius 2 is 2.11 bits per heavy atom. The normalized spacial score (nSPS) is 31.9. The van der Waals surface area contributed by atoms with Crippen molar-refractivity contribution in [3.8, 4) is 0 Å². The molecule has 2 atom stereocenters. The van der Waals surface area contributed by atoms with Crippen LogP contribution in [0.3, 0.4) is 0 Å². The van der Waals surface area contributed by atoms with Crippen LogP contribution in [0.5, 0.6) is 0 Å². The van der Waals surface area contributed by atoms with Crippen LogP contribution in [-0.4, -0.2) is 72.4 Å². The third kappa shape index (κ3) is 3.69. The highest BCUT2D eigenvalue weighted by atomic mass is 16.3. The van der Waals surface area contributed by atoms with Crippen molar-refractivity contribution in [1.29, 1.82) is 0 Å². The molecule has 2 unspecified atom stereocenters. The zero-order valence-corrected chi connectivity index (χ0v) is 12.7. The van der Waals surface area contributed by atoms with E-state index in [1.807, 2.05) is 0 Å². The molecule has 0 amide bonds. The highest BCUT2D eigenvalue weighted by Gasteiger charge is 2.40. The zero-order valence-electron chi connectivity index (χ0n) is 12.7. The predicted octanol–water partition coefficient (Wildman–Crippen LogP) is 0.907. The molecule has 4 heteroatoms. The van der Waals surface area contributed by atoms with Gasteiger partial charge in [0.1, 0.15) is 0 Å². The summed E-state index contributed by atoms with van der Waals surface area (Å²) in [5.41, 5.74) is -0.0152. The Hall–Kier alpha value is -0.160. The van der Waals surface area contributed by atoms with Gasteiger partial charge < -0.3 is 20.2 Å². The second kappa shape index (κ2) is 7.02. The quantitative estimate of drug-likeness (QED) is 0.720. The molecule has 0 aliphatic carbocycles. The first kappa shape index (κ1) is 15.2. The molecule has 2 fully saturated rings. The third-order valence-electron chi connectivity index (χ3n) is 5.13. The van der Waals surface area contributed by atoms with E-state index in [0.717, 1.165) is 45.6 Å². The first-order chi connectivity index (χ1) is 9.23. The molecule has 2 rings (SSSR count). The van der Waals surface area contributed by atoms with Gasteiger partial charge >= 0.3 is 0 Å². The Labute approximate surface area is 118 Å². The van der Waals surface area contributed by atoms with Crippen LogP contribution in [0, 0.1) is 0 Å². The Morgan fingerprint density at radius 3 is 2.79 bits per heavy atom. The molecular formula is C15H31N3O. The molecular weight excluding hydrogens is 238 g/mol. The van der Waals surface area contributed by atoms with E-state index in [9.17, 15) is 5.11 Å². The van der Waals surface area contributed by atoms with Crippen LogP contribution >= 0.6 is 0 Å². The van der Waals surface area contributed by atoms with Gasteiger partial charge in [-0.15, -0.1) is 0 Å². The van der Waals surface area contributed by atoms with Crippen molar-refractivity contribution in [2.24, 2.45) is 0 Å². The third-order valence-corrected chi connectivity index (χ3v) is 5.13. The number of nitrogens with one attached hydrogen (secondary N) is 1. The van der Waals surface area contributed by atoms with Gasteiger partial charge in [-0.25, -0.2) is 0 Å². The summed E-state index contributed by atoms with van der Waals surface area (Å²) in [5, 5.41) is 13.5. The Morgan fingerprint density at radius 1 is 1.32 bits per heavy atom. The van der Waals surface area contributed by atoms with Crippen molar-refractivity contribution in [1.82, 2.24) is 15.1 Å². The molecule has 0 aromatic heterocycles. The molecule has 0 bridgehead atoms. The average molecular weight is 269 g/mol. The van der Waals surface area contributed by atoms with Gasteiger partial charge in [-0.2, -0.15) is 0 Å². The van der Waals surface area contributed by atoms with Crippen LogP contribution in [0.4, 0.5) is 0 Å². The lowest BCUT2D eigenvalue weighted by Crippen LogP contribution is -2.58. The first-order valence-electron chi connectivity index (χ1n) is 8.05. The number of aliphatic hydroxyl groups excluding tert-OH is 1. The van der Waals surface area contributed by atoms with Crippen LogP contribution < -0.4 is 5.32 Å². The maximum Gasteiger partial charge on any atom is 0.0614 e. The van der Waals surface area contributed by atoms with Gasteiger partial charge in [0, 0.05) is 31.2 Å².